The molecule has 2 aromatic rings. The summed E-state index contributed by atoms with van der Waals surface area (Å²) in [6, 6.07) is 14.0. The van der Waals surface area contributed by atoms with Crippen LogP contribution in [0.25, 0.3) is 10.8 Å². The Morgan fingerprint density at radius 3 is 2.21 bits per heavy atom. The Balaban J connectivity index is 2.05. The first kappa shape index (κ1) is 12.5. The maximum absolute atomic E-state index is 13.3. The van der Waals surface area contributed by atoms with Crippen LogP contribution in [-0.4, -0.2) is 5.92 Å². The monoisotopic (exact) mass is 261 g/mol. The molecule has 1 saturated carbocycles. The van der Waals surface area contributed by atoms with Crippen LogP contribution in [-0.2, 0) is 5.54 Å². The van der Waals surface area contributed by atoms with Crippen molar-refractivity contribution in [1.29, 1.82) is 0 Å². The van der Waals surface area contributed by atoms with Crippen molar-refractivity contribution in [3.63, 3.8) is 0 Å². The normalized spacial score (nSPS) is 21.4. The predicted octanol–water partition coefficient (Wildman–Crippen LogP) is 4.20. The first-order valence-corrected chi connectivity index (χ1v) is 6.65. The van der Waals surface area contributed by atoms with Gasteiger partial charge in [0.05, 0.1) is 0 Å². The zero-order chi connectivity index (χ0) is 13.5. The second kappa shape index (κ2) is 4.27. The summed E-state index contributed by atoms with van der Waals surface area (Å²) in [7, 11) is 0. The molecule has 0 bridgehead atoms. The van der Waals surface area contributed by atoms with Crippen molar-refractivity contribution in [2.24, 2.45) is 5.73 Å². The summed E-state index contributed by atoms with van der Waals surface area (Å²) in [6.07, 6.45) is 0.446. The molecular weight excluding hydrogens is 244 g/mol. The highest BCUT2D eigenvalue weighted by Gasteiger charge is 2.42. The first-order valence-electron chi connectivity index (χ1n) is 6.65. The fraction of sp³-hybridized carbons (Fsp3) is 0.375. The third kappa shape index (κ3) is 2.23. The van der Waals surface area contributed by atoms with Crippen LogP contribution in [0.15, 0.2) is 42.5 Å². The lowest BCUT2D eigenvalue weighted by Gasteiger charge is -2.38. The predicted molar refractivity (Wildman–Crippen MR) is 73.2 cm³/mol. The quantitative estimate of drug-likeness (QED) is 0.818. The van der Waals surface area contributed by atoms with Gasteiger partial charge in [0.1, 0.15) is 0 Å². The van der Waals surface area contributed by atoms with E-state index in [1.807, 2.05) is 42.5 Å². The molecule has 1 aliphatic carbocycles. The van der Waals surface area contributed by atoms with Gasteiger partial charge in [0.25, 0.3) is 0 Å². The minimum Gasteiger partial charge on any atom is -0.321 e. The fourth-order valence-electron chi connectivity index (χ4n) is 2.99. The summed E-state index contributed by atoms with van der Waals surface area (Å²) < 4.78 is 26.6. The van der Waals surface area contributed by atoms with Crippen LogP contribution in [0.2, 0.25) is 0 Å². The first-order chi connectivity index (χ1) is 9.00. The molecule has 3 rings (SSSR count). The number of hydrogen-bond acceptors (Lipinski definition) is 1. The van der Waals surface area contributed by atoms with Crippen LogP contribution in [0.1, 0.15) is 31.2 Å². The van der Waals surface area contributed by atoms with Crippen molar-refractivity contribution in [1.82, 2.24) is 0 Å². The summed E-state index contributed by atoms with van der Waals surface area (Å²) in [4.78, 5) is 0. The van der Waals surface area contributed by atoms with E-state index in [-0.39, 0.29) is 12.8 Å². The lowest BCUT2D eigenvalue weighted by Crippen LogP contribution is -2.43. The van der Waals surface area contributed by atoms with Gasteiger partial charge in [-0.15, -0.1) is 0 Å². The minimum atomic E-state index is -2.55. The van der Waals surface area contributed by atoms with E-state index in [1.165, 1.54) is 0 Å². The molecule has 0 spiro atoms. The highest BCUT2D eigenvalue weighted by atomic mass is 19.3. The molecular formula is C16H17F2N. The van der Waals surface area contributed by atoms with Gasteiger partial charge in [0, 0.05) is 18.4 Å². The number of alkyl halides is 2. The van der Waals surface area contributed by atoms with Gasteiger partial charge < -0.3 is 5.73 Å². The van der Waals surface area contributed by atoms with Gasteiger partial charge in [-0.2, -0.15) is 0 Å². The fourth-order valence-corrected chi connectivity index (χ4v) is 2.99. The lowest BCUT2D eigenvalue weighted by atomic mass is 9.74. The molecule has 0 aromatic heterocycles. The van der Waals surface area contributed by atoms with E-state index in [9.17, 15) is 8.78 Å². The van der Waals surface area contributed by atoms with Crippen LogP contribution < -0.4 is 5.73 Å². The third-order valence-electron chi connectivity index (χ3n) is 4.20. The van der Waals surface area contributed by atoms with Crippen LogP contribution in [0.4, 0.5) is 8.78 Å². The molecule has 1 nitrogen and oxygen atoms in total. The van der Waals surface area contributed by atoms with Crippen LogP contribution in [0, 0.1) is 0 Å². The molecule has 1 fully saturated rings. The molecule has 2 N–H and O–H groups in total. The van der Waals surface area contributed by atoms with Crippen molar-refractivity contribution in [2.45, 2.75) is 37.1 Å². The summed E-state index contributed by atoms with van der Waals surface area (Å²) >= 11 is 0. The van der Waals surface area contributed by atoms with Gasteiger partial charge in [0.15, 0.2) is 0 Å². The van der Waals surface area contributed by atoms with Gasteiger partial charge in [-0.1, -0.05) is 42.5 Å². The Kier molecular flexibility index (Phi) is 2.82. The average Bonchev–Trinajstić information content (AvgIpc) is 2.42. The van der Waals surface area contributed by atoms with Crippen molar-refractivity contribution in [2.75, 3.05) is 0 Å². The molecule has 19 heavy (non-hydrogen) atoms. The Morgan fingerprint density at radius 1 is 0.842 bits per heavy atom. The number of fused-ring (bicyclic) bond motifs is 1. The number of rotatable bonds is 1. The second-order valence-electron chi connectivity index (χ2n) is 5.54. The lowest BCUT2D eigenvalue weighted by molar-refractivity contribution is -0.0512. The van der Waals surface area contributed by atoms with Crippen LogP contribution in [0.5, 0.6) is 0 Å². The second-order valence-corrected chi connectivity index (χ2v) is 5.54. The Hall–Kier alpha value is -1.48. The highest BCUT2D eigenvalue weighted by Crippen LogP contribution is 2.43. The molecule has 0 atom stereocenters. The smallest absolute Gasteiger partial charge is 0.248 e. The van der Waals surface area contributed by atoms with E-state index in [4.69, 9.17) is 5.73 Å². The molecule has 0 heterocycles. The van der Waals surface area contributed by atoms with Crippen molar-refractivity contribution in [3.05, 3.63) is 48.0 Å². The molecule has 0 amide bonds. The maximum Gasteiger partial charge on any atom is 0.248 e. The standard InChI is InChI=1S/C16H17F2N/c17-16(18)10-8-15(19,9-11-16)14-7-3-5-12-4-1-2-6-13(12)14/h1-7H,8-11,19H2. The van der Waals surface area contributed by atoms with E-state index in [0.29, 0.717) is 12.8 Å². The van der Waals surface area contributed by atoms with Crippen LogP contribution in [0.3, 0.4) is 0 Å². The molecule has 0 aliphatic heterocycles. The molecule has 0 radical (unpaired) electrons. The Labute approximate surface area is 111 Å². The number of halogens is 2. The molecule has 0 saturated heterocycles. The summed E-state index contributed by atoms with van der Waals surface area (Å²) in [5, 5.41) is 2.19. The maximum atomic E-state index is 13.3. The molecule has 1 aliphatic rings. The summed E-state index contributed by atoms with van der Waals surface area (Å²) in [5.74, 6) is -2.55. The van der Waals surface area contributed by atoms with Gasteiger partial charge >= 0.3 is 0 Å². The summed E-state index contributed by atoms with van der Waals surface area (Å²) in [6.45, 7) is 0. The van der Waals surface area contributed by atoms with E-state index < -0.39 is 11.5 Å². The SMILES string of the molecule is NC1(c2cccc3ccccc23)CCC(F)(F)CC1. The van der Waals surface area contributed by atoms with Crippen molar-refractivity contribution >= 4 is 10.8 Å². The zero-order valence-electron chi connectivity index (χ0n) is 10.7. The van der Waals surface area contributed by atoms with Crippen molar-refractivity contribution in [3.8, 4) is 0 Å². The van der Waals surface area contributed by atoms with E-state index in [2.05, 4.69) is 0 Å². The third-order valence-corrected chi connectivity index (χ3v) is 4.20. The van der Waals surface area contributed by atoms with E-state index in [0.717, 1.165) is 16.3 Å². The van der Waals surface area contributed by atoms with E-state index >= 15 is 0 Å². The molecule has 0 unspecified atom stereocenters. The van der Waals surface area contributed by atoms with Gasteiger partial charge in [0.2, 0.25) is 5.92 Å². The summed E-state index contributed by atoms with van der Waals surface area (Å²) in [5.41, 5.74) is 6.81. The Bertz CT molecular complexity index is 591. The van der Waals surface area contributed by atoms with E-state index in [1.54, 1.807) is 0 Å². The van der Waals surface area contributed by atoms with Crippen LogP contribution >= 0.6 is 0 Å². The molecule has 3 heteroatoms. The molecule has 2 aromatic carbocycles. The Morgan fingerprint density at radius 2 is 1.47 bits per heavy atom. The average molecular weight is 261 g/mol. The number of hydrogen-bond donors (Lipinski definition) is 1. The number of benzene rings is 2. The molecule has 100 valence electrons. The van der Waals surface area contributed by atoms with Crippen molar-refractivity contribution < 1.29 is 8.78 Å². The van der Waals surface area contributed by atoms with Gasteiger partial charge in [-0.05, 0) is 29.2 Å². The number of nitrogens with two attached hydrogens (primary N) is 1. The van der Waals surface area contributed by atoms with Gasteiger partial charge in [-0.25, -0.2) is 8.78 Å². The zero-order valence-corrected chi connectivity index (χ0v) is 10.7. The minimum absolute atomic E-state index is 0.118. The van der Waals surface area contributed by atoms with Gasteiger partial charge in [-0.3, -0.25) is 0 Å². The largest absolute Gasteiger partial charge is 0.321 e. The highest BCUT2D eigenvalue weighted by molar-refractivity contribution is 5.86. The topological polar surface area (TPSA) is 26.0 Å².